The molecule has 0 aliphatic carbocycles. The monoisotopic (exact) mass is 291 g/mol. The van der Waals surface area contributed by atoms with E-state index in [1.807, 2.05) is 0 Å². The summed E-state index contributed by atoms with van der Waals surface area (Å²) in [5.41, 5.74) is 0.320. The minimum absolute atomic E-state index is 0.214. The van der Waals surface area contributed by atoms with Gasteiger partial charge in [-0.05, 0) is 24.1 Å². The van der Waals surface area contributed by atoms with Gasteiger partial charge in [0.1, 0.15) is 10.7 Å². The maximum absolute atomic E-state index is 13.7. The Morgan fingerprint density at radius 1 is 1.47 bits per heavy atom. The average Bonchev–Trinajstić information content (AvgIpc) is 2.37. The number of hydrogen-bond donors (Lipinski definition) is 2. The summed E-state index contributed by atoms with van der Waals surface area (Å²) in [6, 6.07) is 3.11. The average molecular weight is 291 g/mol. The molecule has 1 unspecified atom stereocenters. The Labute approximate surface area is 112 Å². The summed E-state index contributed by atoms with van der Waals surface area (Å²) in [4.78, 5) is -0.431. The second kappa shape index (κ2) is 6.95. The van der Waals surface area contributed by atoms with Crippen molar-refractivity contribution in [2.45, 2.75) is 30.9 Å². The molecule has 0 aromatic heterocycles. The van der Waals surface area contributed by atoms with E-state index in [0.717, 1.165) is 12.1 Å². The molecule has 0 aliphatic heterocycles. The van der Waals surface area contributed by atoms with E-state index in [9.17, 15) is 12.8 Å². The van der Waals surface area contributed by atoms with Crippen molar-refractivity contribution in [3.8, 4) is 0 Å². The third-order valence-corrected chi connectivity index (χ3v) is 4.20. The van der Waals surface area contributed by atoms with Gasteiger partial charge in [0.15, 0.2) is 0 Å². The van der Waals surface area contributed by atoms with Crippen LogP contribution in [0, 0.1) is 5.82 Å². The van der Waals surface area contributed by atoms with Crippen LogP contribution in [0.5, 0.6) is 0 Å². The van der Waals surface area contributed by atoms with Crippen molar-refractivity contribution in [1.82, 2.24) is 4.72 Å². The van der Waals surface area contributed by atoms with Gasteiger partial charge in [-0.2, -0.15) is 0 Å². The Bertz CT molecular complexity index is 518. The first-order valence-electron chi connectivity index (χ1n) is 5.85. The first kappa shape index (κ1) is 16.0. The van der Waals surface area contributed by atoms with E-state index in [4.69, 9.17) is 9.84 Å². The molecule has 0 heterocycles. The molecule has 7 heteroatoms. The SMILES string of the molecule is CCC(COC)NS(=O)(=O)c1ccc(CO)cc1F. The van der Waals surface area contributed by atoms with Crippen molar-refractivity contribution in [2.75, 3.05) is 13.7 Å². The van der Waals surface area contributed by atoms with E-state index in [2.05, 4.69) is 4.72 Å². The van der Waals surface area contributed by atoms with Crippen molar-refractivity contribution >= 4 is 10.0 Å². The maximum atomic E-state index is 13.7. The van der Waals surface area contributed by atoms with Crippen LogP contribution >= 0.6 is 0 Å². The van der Waals surface area contributed by atoms with Crippen molar-refractivity contribution in [1.29, 1.82) is 0 Å². The first-order valence-corrected chi connectivity index (χ1v) is 7.33. The number of hydrogen-bond acceptors (Lipinski definition) is 4. The molecular weight excluding hydrogens is 273 g/mol. The highest BCUT2D eigenvalue weighted by Crippen LogP contribution is 2.16. The summed E-state index contributed by atoms with van der Waals surface area (Å²) < 4.78 is 45.0. The van der Waals surface area contributed by atoms with E-state index in [-0.39, 0.29) is 13.2 Å². The van der Waals surface area contributed by atoms with Gasteiger partial charge in [0.2, 0.25) is 10.0 Å². The molecule has 0 bridgehead atoms. The lowest BCUT2D eigenvalue weighted by atomic mass is 10.2. The Kier molecular flexibility index (Phi) is 5.86. The maximum Gasteiger partial charge on any atom is 0.243 e. The molecule has 0 aliphatic rings. The van der Waals surface area contributed by atoms with Crippen LogP contribution in [0.1, 0.15) is 18.9 Å². The molecule has 0 saturated carbocycles. The zero-order chi connectivity index (χ0) is 14.5. The van der Waals surface area contributed by atoms with Crippen molar-refractivity contribution < 1.29 is 22.7 Å². The molecule has 1 aromatic rings. The number of ether oxygens (including phenoxy) is 1. The van der Waals surface area contributed by atoms with E-state index in [1.165, 1.54) is 13.2 Å². The van der Waals surface area contributed by atoms with Gasteiger partial charge in [0.25, 0.3) is 0 Å². The largest absolute Gasteiger partial charge is 0.392 e. The smallest absolute Gasteiger partial charge is 0.243 e. The molecule has 0 amide bonds. The van der Waals surface area contributed by atoms with Gasteiger partial charge in [-0.15, -0.1) is 0 Å². The number of aliphatic hydroxyl groups is 1. The summed E-state index contributed by atoms with van der Waals surface area (Å²) >= 11 is 0. The van der Waals surface area contributed by atoms with Crippen LogP contribution < -0.4 is 4.72 Å². The molecular formula is C12H18FNO4S. The highest BCUT2D eigenvalue weighted by Gasteiger charge is 2.22. The van der Waals surface area contributed by atoms with E-state index in [0.29, 0.717) is 12.0 Å². The molecule has 0 saturated heterocycles. The lowest BCUT2D eigenvalue weighted by molar-refractivity contribution is 0.173. The standard InChI is InChI=1S/C12H18FNO4S/c1-3-10(8-18-2)14-19(16,17)12-5-4-9(7-15)6-11(12)13/h4-6,10,14-15H,3,7-8H2,1-2H3. The molecule has 2 N–H and O–H groups in total. The van der Waals surface area contributed by atoms with Crippen LogP contribution in [0.15, 0.2) is 23.1 Å². The van der Waals surface area contributed by atoms with Crippen LogP contribution in [0.4, 0.5) is 4.39 Å². The van der Waals surface area contributed by atoms with Crippen molar-refractivity contribution in [2.24, 2.45) is 0 Å². The van der Waals surface area contributed by atoms with Crippen molar-refractivity contribution in [3.63, 3.8) is 0 Å². The Balaban J connectivity index is 3.00. The number of aliphatic hydroxyl groups excluding tert-OH is 1. The fraction of sp³-hybridized carbons (Fsp3) is 0.500. The number of halogens is 1. The van der Waals surface area contributed by atoms with E-state index < -0.39 is 26.8 Å². The van der Waals surface area contributed by atoms with Crippen LogP contribution in [-0.2, 0) is 21.4 Å². The predicted octanol–water partition coefficient (Wildman–Crippen LogP) is 1.02. The van der Waals surface area contributed by atoms with E-state index in [1.54, 1.807) is 6.92 Å². The number of nitrogens with one attached hydrogen (secondary N) is 1. The third-order valence-electron chi connectivity index (χ3n) is 2.65. The Morgan fingerprint density at radius 2 is 2.16 bits per heavy atom. The zero-order valence-corrected chi connectivity index (χ0v) is 11.7. The molecule has 1 atom stereocenters. The highest BCUT2D eigenvalue weighted by molar-refractivity contribution is 7.89. The molecule has 0 radical (unpaired) electrons. The second-order valence-electron chi connectivity index (χ2n) is 4.10. The lowest BCUT2D eigenvalue weighted by Crippen LogP contribution is -2.37. The molecule has 0 fully saturated rings. The fourth-order valence-corrected chi connectivity index (χ4v) is 2.94. The molecule has 108 valence electrons. The quantitative estimate of drug-likeness (QED) is 0.786. The van der Waals surface area contributed by atoms with E-state index >= 15 is 0 Å². The normalized spacial score (nSPS) is 13.5. The summed E-state index contributed by atoms with van der Waals surface area (Å²) in [6.07, 6.45) is 0.531. The summed E-state index contributed by atoms with van der Waals surface area (Å²) in [7, 11) is -2.47. The molecule has 0 spiro atoms. The molecule has 19 heavy (non-hydrogen) atoms. The van der Waals surface area contributed by atoms with Crippen molar-refractivity contribution in [3.05, 3.63) is 29.6 Å². The van der Waals surface area contributed by atoms with Gasteiger partial charge in [-0.1, -0.05) is 13.0 Å². The van der Waals surface area contributed by atoms with Gasteiger partial charge in [0, 0.05) is 13.2 Å². The highest BCUT2D eigenvalue weighted by atomic mass is 32.2. The van der Waals surface area contributed by atoms with Gasteiger partial charge in [0.05, 0.1) is 13.2 Å². The van der Waals surface area contributed by atoms with Crippen LogP contribution in [0.2, 0.25) is 0 Å². The van der Waals surface area contributed by atoms with Crippen LogP contribution in [0.3, 0.4) is 0 Å². The summed E-state index contributed by atoms with van der Waals surface area (Å²) in [5.74, 6) is -0.883. The molecule has 1 rings (SSSR count). The Morgan fingerprint density at radius 3 is 2.63 bits per heavy atom. The fourth-order valence-electron chi connectivity index (χ4n) is 1.58. The number of sulfonamides is 1. The van der Waals surface area contributed by atoms with Gasteiger partial charge in [-0.25, -0.2) is 17.5 Å². The minimum atomic E-state index is -3.94. The van der Waals surface area contributed by atoms with Gasteiger partial charge >= 0.3 is 0 Å². The first-order chi connectivity index (χ1) is 8.94. The number of rotatable bonds is 7. The van der Waals surface area contributed by atoms with Gasteiger partial charge < -0.3 is 9.84 Å². The predicted molar refractivity (Wildman–Crippen MR) is 68.6 cm³/mol. The molecule has 5 nitrogen and oxygen atoms in total. The molecule has 1 aromatic carbocycles. The van der Waals surface area contributed by atoms with Crippen LogP contribution in [-0.4, -0.2) is 33.3 Å². The van der Waals surface area contributed by atoms with Crippen LogP contribution in [0.25, 0.3) is 0 Å². The lowest BCUT2D eigenvalue weighted by Gasteiger charge is -2.16. The topological polar surface area (TPSA) is 75.6 Å². The summed E-state index contributed by atoms with van der Waals surface area (Å²) in [5, 5.41) is 8.86. The third kappa shape index (κ3) is 4.24. The Hall–Kier alpha value is -1.02. The van der Waals surface area contributed by atoms with Gasteiger partial charge in [-0.3, -0.25) is 0 Å². The second-order valence-corrected chi connectivity index (χ2v) is 5.79. The number of methoxy groups -OCH3 is 1. The summed E-state index contributed by atoms with van der Waals surface area (Å²) in [6.45, 7) is 1.68. The zero-order valence-electron chi connectivity index (χ0n) is 10.9. The minimum Gasteiger partial charge on any atom is -0.392 e. The number of benzene rings is 1.